The first-order chi connectivity index (χ1) is 13.3. The third kappa shape index (κ3) is 4.57. The Morgan fingerprint density at radius 3 is 2.50 bits per heavy atom. The number of benzene rings is 2. The summed E-state index contributed by atoms with van der Waals surface area (Å²) in [6.07, 6.45) is 2.77. The van der Waals surface area contributed by atoms with Crippen LogP contribution in [0.25, 0.3) is 17.4 Å². The van der Waals surface area contributed by atoms with Crippen molar-refractivity contribution in [2.45, 2.75) is 0 Å². The fraction of sp³-hybridized carbons (Fsp3) is 0. The van der Waals surface area contributed by atoms with Crippen LogP contribution in [0, 0.1) is 0 Å². The zero-order chi connectivity index (χ0) is 20.3. The maximum absolute atomic E-state index is 12.1. The van der Waals surface area contributed by atoms with E-state index in [9.17, 15) is 9.59 Å². The normalized spacial score (nSPS) is 11.0. The van der Waals surface area contributed by atoms with Gasteiger partial charge in [-0.3, -0.25) is 4.79 Å². The molecule has 0 radical (unpaired) electrons. The predicted molar refractivity (Wildman–Crippen MR) is 110 cm³/mol. The van der Waals surface area contributed by atoms with Crippen molar-refractivity contribution < 1.29 is 19.1 Å². The molecule has 0 spiro atoms. The molecule has 5 nitrogen and oxygen atoms in total. The summed E-state index contributed by atoms with van der Waals surface area (Å²) in [6, 6.07) is 12.8. The first-order valence-corrected chi connectivity index (χ1v) is 9.04. The lowest BCUT2D eigenvalue weighted by Gasteiger charge is -2.04. The molecule has 0 saturated carbocycles. The van der Waals surface area contributed by atoms with Crippen molar-refractivity contribution in [1.82, 2.24) is 0 Å². The van der Waals surface area contributed by atoms with Crippen molar-refractivity contribution in [3.63, 3.8) is 0 Å². The van der Waals surface area contributed by atoms with E-state index in [1.165, 1.54) is 30.4 Å². The molecule has 28 heavy (non-hydrogen) atoms. The zero-order valence-electron chi connectivity index (χ0n) is 14.1. The highest BCUT2D eigenvalue weighted by Gasteiger charge is 2.11. The Morgan fingerprint density at radius 1 is 1.00 bits per heavy atom. The standard InChI is InChI=1S/C20H12Cl3NO4/c21-15-3-1-2-14(19(15)23)17-8-5-12(28-17)6-9-18(25)24-11-4-7-13(20(26)27)16(22)10-11/h1-10H,(H,24,25)(H,26,27)/b9-6+. The summed E-state index contributed by atoms with van der Waals surface area (Å²) in [5, 5.41) is 12.4. The number of furan rings is 1. The van der Waals surface area contributed by atoms with Crippen LogP contribution in [0.15, 0.2) is 59.0 Å². The van der Waals surface area contributed by atoms with Gasteiger partial charge in [0.15, 0.2) is 0 Å². The number of carbonyl (C=O) groups is 2. The van der Waals surface area contributed by atoms with Gasteiger partial charge < -0.3 is 14.8 Å². The van der Waals surface area contributed by atoms with Gasteiger partial charge in [0, 0.05) is 17.3 Å². The molecule has 0 aliphatic carbocycles. The highest BCUT2D eigenvalue weighted by atomic mass is 35.5. The van der Waals surface area contributed by atoms with Crippen LogP contribution in [0.5, 0.6) is 0 Å². The van der Waals surface area contributed by atoms with Gasteiger partial charge in [0.1, 0.15) is 11.5 Å². The molecule has 0 saturated heterocycles. The van der Waals surface area contributed by atoms with Gasteiger partial charge in [0.05, 0.1) is 20.6 Å². The second kappa shape index (κ2) is 8.52. The zero-order valence-corrected chi connectivity index (χ0v) is 16.3. The average molecular weight is 437 g/mol. The lowest BCUT2D eigenvalue weighted by molar-refractivity contribution is -0.111. The smallest absolute Gasteiger partial charge is 0.337 e. The van der Waals surface area contributed by atoms with Crippen molar-refractivity contribution in [2.75, 3.05) is 5.32 Å². The van der Waals surface area contributed by atoms with Gasteiger partial charge in [0.25, 0.3) is 0 Å². The molecule has 0 atom stereocenters. The van der Waals surface area contributed by atoms with Gasteiger partial charge in [-0.1, -0.05) is 40.9 Å². The van der Waals surface area contributed by atoms with E-state index in [0.29, 0.717) is 32.8 Å². The molecule has 8 heteroatoms. The van der Waals surface area contributed by atoms with E-state index in [-0.39, 0.29) is 10.6 Å². The second-order valence-electron chi connectivity index (χ2n) is 5.63. The van der Waals surface area contributed by atoms with Crippen LogP contribution in [-0.4, -0.2) is 17.0 Å². The molecule has 0 fully saturated rings. The quantitative estimate of drug-likeness (QED) is 0.463. The third-order valence-corrected chi connectivity index (χ3v) is 4.84. The monoisotopic (exact) mass is 435 g/mol. The van der Waals surface area contributed by atoms with Crippen LogP contribution < -0.4 is 5.32 Å². The van der Waals surface area contributed by atoms with Crippen LogP contribution in [0.2, 0.25) is 15.1 Å². The predicted octanol–water partition coefficient (Wildman–Crippen LogP) is 6.26. The second-order valence-corrected chi connectivity index (χ2v) is 6.82. The van der Waals surface area contributed by atoms with E-state index in [1.54, 1.807) is 30.3 Å². The molecule has 0 unspecified atom stereocenters. The minimum atomic E-state index is -1.14. The molecule has 1 heterocycles. The molecule has 0 aliphatic rings. The molecule has 1 aromatic heterocycles. The summed E-state index contributed by atoms with van der Waals surface area (Å²) in [4.78, 5) is 23.0. The number of halogens is 3. The number of hydrogen-bond acceptors (Lipinski definition) is 3. The summed E-state index contributed by atoms with van der Waals surface area (Å²) in [6.45, 7) is 0. The third-order valence-electron chi connectivity index (χ3n) is 3.71. The number of anilines is 1. The Morgan fingerprint density at radius 2 is 1.79 bits per heavy atom. The van der Waals surface area contributed by atoms with E-state index in [0.717, 1.165) is 0 Å². The van der Waals surface area contributed by atoms with Crippen molar-refractivity contribution in [3.05, 3.63) is 81.0 Å². The van der Waals surface area contributed by atoms with Gasteiger partial charge in [-0.25, -0.2) is 4.79 Å². The van der Waals surface area contributed by atoms with Gasteiger partial charge in [-0.15, -0.1) is 0 Å². The molecular weight excluding hydrogens is 425 g/mol. The number of rotatable bonds is 5. The molecule has 0 bridgehead atoms. The van der Waals surface area contributed by atoms with Crippen LogP contribution in [0.1, 0.15) is 16.1 Å². The van der Waals surface area contributed by atoms with Crippen LogP contribution in [-0.2, 0) is 4.79 Å². The van der Waals surface area contributed by atoms with Gasteiger partial charge in [0.2, 0.25) is 5.91 Å². The number of carboxylic acid groups (broad SMARTS) is 1. The Balaban J connectivity index is 1.70. The van der Waals surface area contributed by atoms with Crippen molar-refractivity contribution in [3.8, 4) is 11.3 Å². The van der Waals surface area contributed by atoms with E-state index in [2.05, 4.69) is 5.32 Å². The Bertz CT molecular complexity index is 1090. The van der Waals surface area contributed by atoms with E-state index in [1.807, 2.05) is 0 Å². The maximum Gasteiger partial charge on any atom is 0.337 e. The fourth-order valence-corrected chi connectivity index (χ4v) is 3.04. The minimum Gasteiger partial charge on any atom is -0.478 e. The summed E-state index contributed by atoms with van der Waals surface area (Å²) in [7, 11) is 0. The largest absolute Gasteiger partial charge is 0.478 e. The number of amides is 1. The molecule has 0 aliphatic heterocycles. The number of nitrogens with one attached hydrogen (secondary N) is 1. The van der Waals surface area contributed by atoms with Crippen molar-refractivity contribution in [1.29, 1.82) is 0 Å². The van der Waals surface area contributed by atoms with Crippen LogP contribution in [0.4, 0.5) is 5.69 Å². The first-order valence-electron chi connectivity index (χ1n) is 7.91. The van der Waals surface area contributed by atoms with Crippen LogP contribution in [0.3, 0.4) is 0 Å². The lowest BCUT2D eigenvalue weighted by atomic mass is 10.2. The van der Waals surface area contributed by atoms with Crippen molar-refractivity contribution >= 4 is 58.4 Å². The number of aromatic carboxylic acids is 1. The highest BCUT2D eigenvalue weighted by molar-refractivity contribution is 6.43. The Labute approximate surface area is 175 Å². The number of carbonyl (C=O) groups excluding carboxylic acids is 1. The summed E-state index contributed by atoms with van der Waals surface area (Å²) >= 11 is 18.1. The highest BCUT2D eigenvalue weighted by Crippen LogP contribution is 2.34. The molecule has 3 rings (SSSR count). The van der Waals surface area contributed by atoms with Crippen molar-refractivity contribution in [2.24, 2.45) is 0 Å². The first kappa shape index (κ1) is 20.0. The topological polar surface area (TPSA) is 79.5 Å². The maximum atomic E-state index is 12.1. The van der Waals surface area contributed by atoms with Gasteiger partial charge >= 0.3 is 5.97 Å². The Kier molecular flexibility index (Phi) is 6.09. The molecule has 2 aromatic carbocycles. The van der Waals surface area contributed by atoms with Crippen LogP contribution >= 0.6 is 34.8 Å². The SMILES string of the molecule is O=C(/C=C/c1ccc(-c2cccc(Cl)c2Cl)o1)Nc1ccc(C(=O)O)c(Cl)c1. The van der Waals surface area contributed by atoms with Gasteiger partial charge in [-0.05, 0) is 48.5 Å². The Hall–Kier alpha value is -2.73. The average Bonchev–Trinajstić information content (AvgIpc) is 3.11. The van der Waals surface area contributed by atoms with E-state index >= 15 is 0 Å². The summed E-state index contributed by atoms with van der Waals surface area (Å²) in [5.41, 5.74) is 0.972. The number of carboxylic acids is 1. The fourth-order valence-electron chi connectivity index (χ4n) is 2.39. The summed E-state index contributed by atoms with van der Waals surface area (Å²) < 4.78 is 5.67. The van der Waals surface area contributed by atoms with E-state index < -0.39 is 11.9 Å². The number of hydrogen-bond donors (Lipinski definition) is 2. The molecule has 2 N–H and O–H groups in total. The molecule has 1 amide bonds. The summed E-state index contributed by atoms with van der Waals surface area (Å²) in [5.74, 6) is -0.613. The van der Waals surface area contributed by atoms with Gasteiger partial charge in [-0.2, -0.15) is 0 Å². The minimum absolute atomic E-state index is 0.0309. The van der Waals surface area contributed by atoms with E-state index in [4.69, 9.17) is 44.3 Å². The molecule has 3 aromatic rings. The molecular formula is C20H12Cl3NO4. The molecule has 142 valence electrons. The lowest BCUT2D eigenvalue weighted by Crippen LogP contribution is -2.08.